The summed E-state index contributed by atoms with van der Waals surface area (Å²) in [4.78, 5) is 29.2. The van der Waals surface area contributed by atoms with E-state index in [0.717, 1.165) is 40.8 Å². The number of hydrogen-bond acceptors (Lipinski definition) is 7. The number of aromatic nitrogens is 2. The Labute approximate surface area is 278 Å². The third-order valence-corrected chi connectivity index (χ3v) is 9.96. The molecule has 4 aromatic rings. The Morgan fingerprint density at radius 3 is 2.52 bits per heavy atom. The molecule has 0 saturated carbocycles. The smallest absolute Gasteiger partial charge is 0.240 e. The molecule has 46 heavy (non-hydrogen) atoms. The first-order valence-corrected chi connectivity index (χ1v) is 16.7. The Morgan fingerprint density at radius 2 is 1.85 bits per heavy atom. The number of ether oxygens (including phenoxy) is 3. The number of rotatable bonds is 9. The number of nitrogens with one attached hydrogen (secondary N) is 1. The summed E-state index contributed by atoms with van der Waals surface area (Å²) in [6.45, 7) is 4.94. The van der Waals surface area contributed by atoms with Crippen molar-refractivity contribution in [3.8, 4) is 28.4 Å². The number of thioether (sulfide) groups is 1. The van der Waals surface area contributed by atoms with Gasteiger partial charge in [0.2, 0.25) is 11.8 Å². The van der Waals surface area contributed by atoms with Gasteiger partial charge < -0.3 is 19.5 Å². The second-order valence-corrected chi connectivity index (χ2v) is 13.0. The Hall–Kier alpha value is -3.99. The van der Waals surface area contributed by atoms with Crippen LogP contribution in [0.15, 0.2) is 60.7 Å². The van der Waals surface area contributed by atoms with Crippen LogP contribution in [-0.2, 0) is 14.3 Å². The minimum absolute atomic E-state index is 0.0233. The first-order valence-electron chi connectivity index (χ1n) is 15.3. The second-order valence-electron chi connectivity index (χ2n) is 11.5. The van der Waals surface area contributed by atoms with E-state index in [0.29, 0.717) is 46.7 Å². The van der Waals surface area contributed by atoms with E-state index in [1.807, 2.05) is 68.4 Å². The molecule has 0 radical (unpaired) electrons. The molecule has 1 N–H and O–H groups in total. The Bertz CT molecular complexity index is 1750. The van der Waals surface area contributed by atoms with Crippen molar-refractivity contribution < 1.29 is 23.8 Å². The zero-order chi connectivity index (χ0) is 32.4. The van der Waals surface area contributed by atoms with Gasteiger partial charge in [-0.25, -0.2) is 4.68 Å². The Morgan fingerprint density at radius 1 is 1.09 bits per heavy atom. The summed E-state index contributed by atoms with van der Waals surface area (Å²) in [7, 11) is 3.21. The van der Waals surface area contributed by atoms with E-state index in [1.165, 1.54) is 11.8 Å². The van der Waals surface area contributed by atoms with Crippen LogP contribution in [0.2, 0.25) is 5.02 Å². The van der Waals surface area contributed by atoms with Crippen LogP contribution in [0, 0.1) is 13.8 Å². The normalized spacial score (nSPS) is 17.8. The van der Waals surface area contributed by atoms with Crippen molar-refractivity contribution >= 4 is 41.0 Å². The van der Waals surface area contributed by atoms with Crippen LogP contribution >= 0.6 is 23.4 Å². The molecule has 1 fully saturated rings. The topological polar surface area (TPSA) is 94.9 Å². The molecular formula is C35H37ClN4O5S. The highest BCUT2D eigenvalue weighted by Crippen LogP contribution is 2.52. The quantitative estimate of drug-likeness (QED) is 0.225. The minimum atomic E-state index is -0.406. The number of nitrogens with zero attached hydrogens (tertiary/aromatic N) is 3. The Balaban J connectivity index is 1.62. The van der Waals surface area contributed by atoms with Crippen LogP contribution < -0.4 is 19.7 Å². The van der Waals surface area contributed by atoms with Gasteiger partial charge in [0.1, 0.15) is 29.6 Å². The van der Waals surface area contributed by atoms with Crippen molar-refractivity contribution in [1.82, 2.24) is 15.1 Å². The highest BCUT2D eigenvalue weighted by atomic mass is 35.5. The van der Waals surface area contributed by atoms with Crippen LogP contribution in [0.3, 0.4) is 0 Å². The molecule has 0 bridgehead atoms. The molecule has 3 aromatic carbocycles. The van der Waals surface area contributed by atoms with Crippen molar-refractivity contribution in [2.24, 2.45) is 0 Å². The predicted molar refractivity (Wildman–Crippen MR) is 182 cm³/mol. The number of benzene rings is 3. The van der Waals surface area contributed by atoms with Crippen molar-refractivity contribution in [3.63, 3.8) is 0 Å². The SMILES string of the molecule is COc1cccc(OC)c1-c1nn(-c2ccc(C)cc2C)c2c1[C@@H](c1ccccc1Cl)SCC(=O)N2CC(=O)NC[C@@H]1CCCO1. The third kappa shape index (κ3) is 6.21. The van der Waals surface area contributed by atoms with E-state index in [4.69, 9.17) is 30.9 Å². The van der Waals surface area contributed by atoms with Crippen molar-refractivity contribution in [3.05, 3.63) is 87.9 Å². The highest BCUT2D eigenvalue weighted by Gasteiger charge is 2.40. The average molecular weight is 661 g/mol. The van der Waals surface area contributed by atoms with Crippen molar-refractivity contribution in [2.75, 3.05) is 44.6 Å². The van der Waals surface area contributed by atoms with E-state index < -0.39 is 5.25 Å². The van der Waals surface area contributed by atoms with Gasteiger partial charge >= 0.3 is 0 Å². The molecule has 6 rings (SSSR count). The molecule has 11 heteroatoms. The monoisotopic (exact) mass is 660 g/mol. The number of methoxy groups -OCH3 is 2. The van der Waals surface area contributed by atoms with Gasteiger partial charge in [0.15, 0.2) is 0 Å². The molecular weight excluding hydrogens is 624 g/mol. The van der Waals surface area contributed by atoms with Gasteiger partial charge in [-0.3, -0.25) is 14.5 Å². The largest absolute Gasteiger partial charge is 0.496 e. The molecule has 2 atom stereocenters. The molecule has 3 heterocycles. The highest BCUT2D eigenvalue weighted by molar-refractivity contribution is 8.00. The Kier molecular flexibility index (Phi) is 9.58. The van der Waals surface area contributed by atoms with Crippen molar-refractivity contribution in [1.29, 1.82) is 0 Å². The molecule has 2 aliphatic rings. The maximum absolute atomic E-state index is 14.1. The fraction of sp³-hybridized carbons (Fsp3) is 0.343. The zero-order valence-corrected chi connectivity index (χ0v) is 27.9. The minimum Gasteiger partial charge on any atom is -0.496 e. The molecule has 240 valence electrons. The zero-order valence-electron chi connectivity index (χ0n) is 26.3. The first-order chi connectivity index (χ1) is 22.3. The van der Waals surface area contributed by atoms with Crippen molar-refractivity contribution in [2.45, 2.75) is 38.0 Å². The van der Waals surface area contributed by atoms with Crippen LogP contribution in [0.1, 0.15) is 40.3 Å². The number of halogens is 1. The number of aryl methyl sites for hydroxylation is 2. The fourth-order valence-corrected chi connectivity index (χ4v) is 7.71. The number of fused-ring (bicyclic) bond motifs is 1. The summed E-state index contributed by atoms with van der Waals surface area (Å²) in [5.41, 5.74) is 5.62. The summed E-state index contributed by atoms with van der Waals surface area (Å²) >= 11 is 8.31. The lowest BCUT2D eigenvalue weighted by atomic mass is 9.98. The summed E-state index contributed by atoms with van der Waals surface area (Å²) in [5.74, 6) is 1.26. The number of amides is 2. The van der Waals surface area contributed by atoms with Crippen LogP contribution in [0.25, 0.3) is 16.9 Å². The van der Waals surface area contributed by atoms with E-state index in [2.05, 4.69) is 11.4 Å². The van der Waals surface area contributed by atoms with Gasteiger partial charge in [-0.15, -0.1) is 11.8 Å². The fourth-order valence-electron chi connectivity index (χ4n) is 6.17. The predicted octanol–water partition coefficient (Wildman–Crippen LogP) is 6.29. The molecule has 2 aliphatic heterocycles. The first kappa shape index (κ1) is 32.0. The van der Waals surface area contributed by atoms with Gasteiger partial charge in [-0.2, -0.15) is 5.10 Å². The van der Waals surface area contributed by atoms with Crippen LogP contribution in [0.5, 0.6) is 11.5 Å². The standard InChI is InChI=1S/C35H37ClN4O5S/c1-21-14-15-26(22(2)17-21)40-35-32(33(38-40)31-27(43-3)12-7-13-28(31)44-4)34(24-10-5-6-11-25(24)36)46-20-30(42)39(35)19-29(41)37-18-23-9-8-16-45-23/h5-7,10-15,17,23,34H,8-9,16,18-20H2,1-4H3,(H,37,41)/t23-,34+/m0/s1. The number of carbonyl (C=O) groups excluding carboxylic acids is 2. The van der Waals surface area contributed by atoms with E-state index in [1.54, 1.807) is 23.8 Å². The lowest BCUT2D eigenvalue weighted by Gasteiger charge is -2.24. The third-order valence-electron chi connectivity index (χ3n) is 8.37. The van der Waals surface area contributed by atoms with Crippen LogP contribution in [-0.4, -0.2) is 67.4 Å². The lowest BCUT2D eigenvalue weighted by Crippen LogP contribution is -2.44. The molecule has 0 unspecified atom stereocenters. The maximum Gasteiger partial charge on any atom is 0.240 e. The molecule has 1 aromatic heterocycles. The van der Waals surface area contributed by atoms with Gasteiger partial charge in [0, 0.05) is 23.7 Å². The summed E-state index contributed by atoms with van der Waals surface area (Å²) in [6, 6.07) is 19.3. The van der Waals surface area contributed by atoms with E-state index in [9.17, 15) is 9.59 Å². The molecule has 0 aliphatic carbocycles. The summed E-state index contributed by atoms with van der Waals surface area (Å²) in [6.07, 6.45) is 1.84. The lowest BCUT2D eigenvalue weighted by molar-refractivity contribution is -0.123. The van der Waals surface area contributed by atoms with Gasteiger partial charge in [0.05, 0.1) is 42.6 Å². The molecule has 1 saturated heterocycles. The summed E-state index contributed by atoms with van der Waals surface area (Å²) < 4.78 is 19.2. The van der Waals surface area contributed by atoms with Gasteiger partial charge in [-0.1, -0.05) is 53.6 Å². The second kappa shape index (κ2) is 13.8. The van der Waals surface area contributed by atoms with Gasteiger partial charge in [0.25, 0.3) is 0 Å². The average Bonchev–Trinajstić information content (AvgIpc) is 3.68. The van der Waals surface area contributed by atoms with Gasteiger partial charge in [-0.05, 0) is 62.1 Å². The molecule has 0 spiro atoms. The van der Waals surface area contributed by atoms with E-state index >= 15 is 0 Å². The number of carbonyl (C=O) groups is 2. The molecule has 9 nitrogen and oxygen atoms in total. The van der Waals surface area contributed by atoms with Crippen LogP contribution in [0.4, 0.5) is 5.82 Å². The summed E-state index contributed by atoms with van der Waals surface area (Å²) in [5, 5.41) is 8.40. The van der Waals surface area contributed by atoms with E-state index in [-0.39, 0.29) is 30.2 Å². The molecule has 2 amide bonds. The maximum atomic E-state index is 14.1. The number of anilines is 1. The number of hydrogen-bond donors (Lipinski definition) is 1.